The van der Waals surface area contributed by atoms with Gasteiger partial charge in [0.15, 0.2) is 0 Å². The van der Waals surface area contributed by atoms with Crippen molar-refractivity contribution in [1.82, 2.24) is 9.80 Å². The molecule has 1 aromatic carbocycles. The van der Waals surface area contributed by atoms with Crippen molar-refractivity contribution in [2.24, 2.45) is 11.3 Å². The van der Waals surface area contributed by atoms with Crippen LogP contribution in [0.1, 0.15) is 62.6 Å². The molecule has 2 amide bonds. The highest BCUT2D eigenvalue weighted by molar-refractivity contribution is 7.10. The molecule has 1 aromatic heterocycles. The Morgan fingerprint density at radius 2 is 1.97 bits per heavy atom. The van der Waals surface area contributed by atoms with Crippen molar-refractivity contribution < 1.29 is 14.0 Å². The van der Waals surface area contributed by atoms with Crippen LogP contribution in [0.5, 0.6) is 0 Å². The molecule has 0 spiro atoms. The first kappa shape index (κ1) is 25.2. The molecule has 0 saturated heterocycles. The van der Waals surface area contributed by atoms with Crippen LogP contribution >= 0.6 is 11.3 Å². The zero-order valence-corrected chi connectivity index (χ0v) is 21.0. The van der Waals surface area contributed by atoms with Crippen LogP contribution < -0.4 is 0 Å². The number of hydrogen-bond acceptors (Lipinski definition) is 3. The van der Waals surface area contributed by atoms with E-state index in [2.05, 4.69) is 34.3 Å². The van der Waals surface area contributed by atoms with Crippen molar-refractivity contribution in [1.29, 1.82) is 0 Å². The van der Waals surface area contributed by atoms with Gasteiger partial charge in [0.05, 0.1) is 6.04 Å². The topological polar surface area (TPSA) is 40.6 Å². The van der Waals surface area contributed by atoms with E-state index in [1.165, 1.54) is 17.0 Å². The van der Waals surface area contributed by atoms with Gasteiger partial charge in [-0.05, 0) is 58.9 Å². The Labute approximate surface area is 201 Å². The zero-order chi connectivity index (χ0) is 24.2. The van der Waals surface area contributed by atoms with Gasteiger partial charge in [0.1, 0.15) is 12.4 Å². The van der Waals surface area contributed by atoms with Crippen LogP contribution in [0.3, 0.4) is 0 Å². The van der Waals surface area contributed by atoms with E-state index < -0.39 is 0 Å². The Hall–Kier alpha value is -2.47. The quantitative estimate of drug-likeness (QED) is 0.455. The zero-order valence-electron chi connectivity index (χ0n) is 20.1. The normalized spacial score (nSPS) is 16.8. The predicted molar refractivity (Wildman–Crippen MR) is 133 cm³/mol. The molecule has 3 rings (SSSR count). The lowest BCUT2D eigenvalue weighted by molar-refractivity contribution is -0.141. The molecule has 0 fully saturated rings. The van der Waals surface area contributed by atoms with Crippen LogP contribution in [0.2, 0.25) is 0 Å². The van der Waals surface area contributed by atoms with Crippen molar-refractivity contribution >= 4 is 23.2 Å². The summed E-state index contributed by atoms with van der Waals surface area (Å²) in [4.78, 5) is 31.3. The molecule has 0 saturated carbocycles. The summed E-state index contributed by atoms with van der Waals surface area (Å²) in [6, 6.07) is 8.13. The minimum atomic E-state index is -0.301. The van der Waals surface area contributed by atoms with Crippen molar-refractivity contribution in [3.63, 3.8) is 0 Å². The van der Waals surface area contributed by atoms with Gasteiger partial charge < -0.3 is 9.80 Å². The summed E-state index contributed by atoms with van der Waals surface area (Å²) in [6.07, 6.45) is 3.81. The first-order valence-electron chi connectivity index (χ1n) is 11.6. The van der Waals surface area contributed by atoms with Gasteiger partial charge in [0, 0.05) is 24.4 Å². The van der Waals surface area contributed by atoms with Gasteiger partial charge in [-0.15, -0.1) is 17.9 Å². The van der Waals surface area contributed by atoms with Crippen LogP contribution in [0.25, 0.3) is 0 Å². The highest BCUT2D eigenvalue weighted by atomic mass is 32.1. The molecule has 33 heavy (non-hydrogen) atoms. The van der Waals surface area contributed by atoms with Crippen molar-refractivity contribution in [2.75, 3.05) is 19.6 Å². The number of fused-ring (bicyclic) bond motifs is 1. The Morgan fingerprint density at radius 1 is 1.27 bits per heavy atom. The molecule has 2 atom stereocenters. The molecule has 0 radical (unpaired) electrons. The number of hydrogen-bond donors (Lipinski definition) is 0. The first-order valence-corrected chi connectivity index (χ1v) is 12.5. The molecule has 2 aromatic rings. The Balaban J connectivity index is 1.78. The fourth-order valence-electron chi connectivity index (χ4n) is 4.80. The number of nitrogens with zero attached hydrogens (tertiary/aromatic N) is 2. The van der Waals surface area contributed by atoms with E-state index in [1.54, 1.807) is 34.4 Å². The number of rotatable bonds is 8. The third-order valence-corrected chi connectivity index (χ3v) is 6.98. The monoisotopic (exact) mass is 470 g/mol. The number of thiophene rings is 1. The van der Waals surface area contributed by atoms with Gasteiger partial charge in [-0.25, -0.2) is 4.39 Å². The molecule has 4 nitrogen and oxygen atoms in total. The van der Waals surface area contributed by atoms with Gasteiger partial charge in [-0.1, -0.05) is 45.9 Å². The maximum atomic E-state index is 13.6. The van der Waals surface area contributed by atoms with Gasteiger partial charge in [-0.3, -0.25) is 9.59 Å². The number of halogens is 1. The largest absolute Gasteiger partial charge is 0.330 e. The molecular weight excluding hydrogens is 435 g/mol. The summed E-state index contributed by atoms with van der Waals surface area (Å²) in [5.41, 5.74) is 2.11. The van der Waals surface area contributed by atoms with Gasteiger partial charge >= 0.3 is 0 Å². The fourth-order valence-corrected chi connectivity index (χ4v) is 5.70. The second kappa shape index (κ2) is 10.6. The fraction of sp³-hybridized carbons (Fsp3) is 0.481. The van der Waals surface area contributed by atoms with E-state index in [9.17, 15) is 14.0 Å². The summed E-state index contributed by atoms with van der Waals surface area (Å²) in [6.45, 7) is 13.3. The summed E-state index contributed by atoms with van der Waals surface area (Å²) >= 11 is 1.69. The Morgan fingerprint density at radius 3 is 2.61 bits per heavy atom. The molecule has 2 heterocycles. The molecule has 1 aliphatic rings. The SMILES string of the molecule is C=CCN(CC(=O)N1CCc2sccc2C1c1ccc(F)cc1)C(=O)CC(C)CC(C)(C)C. The summed E-state index contributed by atoms with van der Waals surface area (Å²) in [5.74, 6) is -0.188. The van der Waals surface area contributed by atoms with E-state index in [0.29, 0.717) is 19.5 Å². The Bertz CT molecular complexity index is 977. The summed E-state index contributed by atoms with van der Waals surface area (Å²) in [5, 5.41) is 2.04. The van der Waals surface area contributed by atoms with Crippen LogP contribution in [-0.4, -0.2) is 41.2 Å². The highest BCUT2D eigenvalue weighted by Gasteiger charge is 2.34. The molecular formula is C27H35FN2O2S. The smallest absolute Gasteiger partial charge is 0.243 e. The third-order valence-electron chi connectivity index (χ3n) is 5.98. The van der Waals surface area contributed by atoms with Gasteiger partial charge in [-0.2, -0.15) is 0 Å². The number of carbonyl (C=O) groups excluding carboxylic acids is 2. The highest BCUT2D eigenvalue weighted by Crippen LogP contribution is 2.38. The van der Waals surface area contributed by atoms with Gasteiger partial charge in [0.25, 0.3) is 0 Å². The molecule has 0 aliphatic carbocycles. The molecule has 0 bridgehead atoms. The second-order valence-electron chi connectivity index (χ2n) is 10.2. The first-order chi connectivity index (χ1) is 15.6. The molecule has 2 unspecified atom stereocenters. The number of benzene rings is 1. The average molecular weight is 471 g/mol. The average Bonchev–Trinajstić information content (AvgIpc) is 3.20. The lowest BCUT2D eigenvalue weighted by atomic mass is 9.84. The molecule has 178 valence electrons. The lowest BCUT2D eigenvalue weighted by Crippen LogP contribution is -2.47. The van der Waals surface area contributed by atoms with Crippen LogP contribution in [-0.2, 0) is 16.0 Å². The summed E-state index contributed by atoms with van der Waals surface area (Å²) in [7, 11) is 0. The third kappa shape index (κ3) is 6.53. The van der Waals surface area contributed by atoms with Crippen LogP contribution in [0.4, 0.5) is 4.39 Å². The molecule has 6 heteroatoms. The second-order valence-corrected chi connectivity index (χ2v) is 11.2. The number of carbonyl (C=O) groups is 2. The van der Waals surface area contributed by atoms with E-state index in [1.807, 2.05) is 16.3 Å². The minimum absolute atomic E-state index is 0.0181. The summed E-state index contributed by atoms with van der Waals surface area (Å²) < 4.78 is 13.6. The van der Waals surface area contributed by atoms with E-state index in [4.69, 9.17) is 0 Å². The maximum Gasteiger partial charge on any atom is 0.243 e. The van der Waals surface area contributed by atoms with Crippen LogP contribution in [0, 0.1) is 17.2 Å². The van der Waals surface area contributed by atoms with Crippen molar-refractivity contribution in [2.45, 2.75) is 53.0 Å². The van der Waals surface area contributed by atoms with E-state index in [-0.39, 0.29) is 41.6 Å². The van der Waals surface area contributed by atoms with Crippen LogP contribution in [0.15, 0.2) is 48.4 Å². The standard InChI is InChI=1S/C27H35FN2O2S/c1-6-13-29(24(31)16-19(2)17-27(3,4)5)18-25(32)30-14-11-23-22(12-15-33-23)26(30)20-7-9-21(28)10-8-20/h6-10,12,15,19,26H,1,11,13-14,16-18H2,2-5H3. The van der Waals surface area contributed by atoms with Gasteiger partial charge in [0.2, 0.25) is 11.8 Å². The van der Waals surface area contributed by atoms with Crippen molar-refractivity contribution in [3.8, 4) is 0 Å². The molecule has 1 aliphatic heterocycles. The lowest BCUT2D eigenvalue weighted by Gasteiger charge is -2.37. The Kier molecular flexibility index (Phi) is 8.11. The van der Waals surface area contributed by atoms with E-state index in [0.717, 1.165) is 24.0 Å². The minimum Gasteiger partial charge on any atom is -0.330 e. The predicted octanol–water partition coefficient (Wildman–Crippen LogP) is 5.84. The van der Waals surface area contributed by atoms with Crippen molar-refractivity contribution in [3.05, 3.63) is 70.2 Å². The molecule has 0 N–H and O–H groups in total. The number of amides is 2. The van der Waals surface area contributed by atoms with E-state index >= 15 is 0 Å². The maximum absolute atomic E-state index is 13.6.